The third-order valence-electron chi connectivity index (χ3n) is 3.04. The highest BCUT2D eigenvalue weighted by atomic mass is 16.5. The molecule has 0 bridgehead atoms. The summed E-state index contributed by atoms with van der Waals surface area (Å²) in [5.74, 6) is 0.210. The Morgan fingerprint density at radius 1 is 1.05 bits per heavy atom. The van der Waals surface area contributed by atoms with Gasteiger partial charge in [-0.25, -0.2) is 4.79 Å². The van der Waals surface area contributed by atoms with E-state index in [-0.39, 0.29) is 5.97 Å². The fourth-order valence-corrected chi connectivity index (χ4v) is 2.01. The van der Waals surface area contributed by atoms with Crippen molar-refractivity contribution in [1.82, 2.24) is 4.98 Å². The van der Waals surface area contributed by atoms with Crippen LogP contribution in [0.25, 0.3) is 10.9 Å². The van der Waals surface area contributed by atoms with Gasteiger partial charge in [-0.2, -0.15) is 0 Å². The van der Waals surface area contributed by atoms with E-state index in [0.29, 0.717) is 11.3 Å². The summed E-state index contributed by atoms with van der Waals surface area (Å²) < 4.78 is 5.36. The number of fused-ring (bicyclic) bond motifs is 1. The second-order valence-corrected chi connectivity index (χ2v) is 4.45. The van der Waals surface area contributed by atoms with Crippen LogP contribution in [0.15, 0.2) is 54.7 Å². The van der Waals surface area contributed by atoms with Gasteiger partial charge in [-0.3, -0.25) is 0 Å². The molecule has 0 radical (unpaired) electrons. The predicted octanol–water partition coefficient (Wildman–Crippen LogP) is 3.70. The van der Waals surface area contributed by atoms with Crippen LogP contribution >= 0.6 is 0 Å². The minimum absolute atomic E-state index is 0.346. The molecule has 0 amide bonds. The van der Waals surface area contributed by atoms with Crippen molar-refractivity contribution in [2.24, 2.45) is 0 Å². The molecule has 3 aromatic rings. The molecule has 3 rings (SSSR count). The largest absolute Gasteiger partial charge is 0.423 e. The molecule has 1 aromatic heterocycles. The van der Waals surface area contributed by atoms with Gasteiger partial charge in [0.05, 0.1) is 5.56 Å². The third kappa shape index (κ3) is 2.22. The number of H-pyrrole nitrogens is 1. The minimum atomic E-state index is -0.346. The highest BCUT2D eigenvalue weighted by Gasteiger charge is 2.13. The lowest BCUT2D eigenvalue weighted by Crippen LogP contribution is -2.07. The Hall–Kier alpha value is -2.55. The highest BCUT2D eigenvalue weighted by molar-refractivity contribution is 6.04. The van der Waals surface area contributed by atoms with Crippen LogP contribution in [-0.4, -0.2) is 11.0 Å². The molecule has 19 heavy (non-hydrogen) atoms. The number of para-hydroxylation sites is 1. The van der Waals surface area contributed by atoms with Crippen LogP contribution in [0.1, 0.15) is 15.9 Å². The number of ether oxygens (including phenoxy) is 1. The molecule has 2 aromatic carbocycles. The van der Waals surface area contributed by atoms with Crippen molar-refractivity contribution in [3.8, 4) is 5.75 Å². The molecule has 3 heteroatoms. The summed E-state index contributed by atoms with van der Waals surface area (Å²) in [6.45, 7) is 1.99. The average molecular weight is 251 g/mol. The van der Waals surface area contributed by atoms with E-state index in [4.69, 9.17) is 4.74 Å². The van der Waals surface area contributed by atoms with Gasteiger partial charge in [0.2, 0.25) is 0 Å². The number of aromatic nitrogens is 1. The summed E-state index contributed by atoms with van der Waals surface area (Å²) in [4.78, 5) is 15.2. The van der Waals surface area contributed by atoms with Crippen molar-refractivity contribution in [3.63, 3.8) is 0 Å². The molecule has 1 heterocycles. The first-order chi connectivity index (χ1) is 9.24. The Morgan fingerprint density at radius 3 is 2.58 bits per heavy atom. The molecule has 0 aliphatic carbocycles. The molecule has 0 aliphatic rings. The van der Waals surface area contributed by atoms with E-state index in [9.17, 15) is 4.79 Å². The van der Waals surface area contributed by atoms with Gasteiger partial charge in [-0.1, -0.05) is 35.9 Å². The van der Waals surface area contributed by atoms with Crippen molar-refractivity contribution in [1.29, 1.82) is 0 Å². The number of carbonyl (C=O) groups is 1. The second kappa shape index (κ2) is 4.61. The number of hydrogen-bond donors (Lipinski definition) is 1. The molecule has 1 N–H and O–H groups in total. The first-order valence-electron chi connectivity index (χ1n) is 6.09. The summed E-state index contributed by atoms with van der Waals surface area (Å²) in [6.07, 6.45) is 1.68. The van der Waals surface area contributed by atoms with Crippen molar-refractivity contribution >= 4 is 16.9 Å². The molecular formula is C16H13NO2. The number of nitrogens with one attached hydrogen (secondary N) is 1. The molecule has 0 atom stereocenters. The average Bonchev–Trinajstić information content (AvgIpc) is 2.85. The molecule has 3 nitrogen and oxygen atoms in total. The van der Waals surface area contributed by atoms with Gasteiger partial charge < -0.3 is 9.72 Å². The molecule has 0 aliphatic heterocycles. The van der Waals surface area contributed by atoms with Crippen LogP contribution in [0.4, 0.5) is 0 Å². The van der Waals surface area contributed by atoms with Crippen molar-refractivity contribution in [2.75, 3.05) is 0 Å². The van der Waals surface area contributed by atoms with Gasteiger partial charge in [0.25, 0.3) is 0 Å². The number of aryl methyl sites for hydroxylation is 1. The SMILES string of the molecule is Cc1ccc(OC(=O)c2c[nH]c3ccccc23)cc1. The lowest BCUT2D eigenvalue weighted by Gasteiger charge is -2.03. The molecular weight excluding hydrogens is 238 g/mol. The second-order valence-electron chi connectivity index (χ2n) is 4.45. The van der Waals surface area contributed by atoms with Gasteiger partial charge in [0.1, 0.15) is 5.75 Å². The Kier molecular flexibility index (Phi) is 2.80. The zero-order valence-electron chi connectivity index (χ0n) is 10.5. The van der Waals surface area contributed by atoms with Crippen LogP contribution in [0.2, 0.25) is 0 Å². The number of benzene rings is 2. The van der Waals surface area contributed by atoms with Crippen LogP contribution in [0, 0.1) is 6.92 Å². The zero-order valence-corrected chi connectivity index (χ0v) is 10.5. The normalized spacial score (nSPS) is 10.6. The maximum Gasteiger partial charge on any atom is 0.345 e. The molecule has 0 saturated carbocycles. The number of hydrogen-bond acceptors (Lipinski definition) is 2. The van der Waals surface area contributed by atoms with E-state index < -0.39 is 0 Å². The van der Waals surface area contributed by atoms with Crippen LogP contribution in [0.3, 0.4) is 0 Å². The van der Waals surface area contributed by atoms with Crippen LogP contribution < -0.4 is 4.74 Å². The highest BCUT2D eigenvalue weighted by Crippen LogP contribution is 2.20. The Labute approximate surface area is 110 Å². The molecule has 0 unspecified atom stereocenters. The monoisotopic (exact) mass is 251 g/mol. The maximum absolute atomic E-state index is 12.1. The Bertz CT molecular complexity index is 726. The van der Waals surface area contributed by atoms with Gasteiger partial charge in [0.15, 0.2) is 0 Å². The van der Waals surface area contributed by atoms with Gasteiger partial charge in [0, 0.05) is 17.1 Å². The van der Waals surface area contributed by atoms with Gasteiger partial charge in [-0.15, -0.1) is 0 Å². The standard InChI is InChI=1S/C16H13NO2/c1-11-6-8-12(9-7-11)19-16(18)14-10-17-15-5-3-2-4-13(14)15/h2-10,17H,1H3. The number of aromatic amines is 1. The van der Waals surface area contributed by atoms with E-state index in [1.807, 2.05) is 43.3 Å². The fourth-order valence-electron chi connectivity index (χ4n) is 2.01. The Morgan fingerprint density at radius 2 is 1.79 bits per heavy atom. The predicted molar refractivity (Wildman–Crippen MR) is 74.4 cm³/mol. The number of rotatable bonds is 2. The van der Waals surface area contributed by atoms with Gasteiger partial charge >= 0.3 is 5.97 Å². The number of carbonyl (C=O) groups excluding carboxylic acids is 1. The lowest BCUT2D eigenvalue weighted by molar-refractivity contribution is 0.0737. The van der Waals surface area contributed by atoms with Crippen LogP contribution in [-0.2, 0) is 0 Å². The fraction of sp³-hybridized carbons (Fsp3) is 0.0625. The molecule has 94 valence electrons. The maximum atomic E-state index is 12.1. The Balaban J connectivity index is 1.90. The number of esters is 1. The first-order valence-corrected chi connectivity index (χ1v) is 6.09. The van der Waals surface area contributed by atoms with Crippen molar-refractivity contribution < 1.29 is 9.53 Å². The van der Waals surface area contributed by atoms with E-state index in [0.717, 1.165) is 16.5 Å². The van der Waals surface area contributed by atoms with Crippen molar-refractivity contribution in [3.05, 3.63) is 65.9 Å². The van der Waals surface area contributed by atoms with Gasteiger partial charge in [-0.05, 0) is 25.1 Å². The van der Waals surface area contributed by atoms with E-state index in [2.05, 4.69) is 4.98 Å². The van der Waals surface area contributed by atoms with Crippen molar-refractivity contribution in [2.45, 2.75) is 6.92 Å². The van der Waals surface area contributed by atoms with Crippen LogP contribution in [0.5, 0.6) is 5.75 Å². The molecule has 0 fully saturated rings. The first kappa shape index (κ1) is 11.5. The van der Waals surface area contributed by atoms with E-state index in [1.165, 1.54) is 0 Å². The smallest absolute Gasteiger partial charge is 0.345 e. The summed E-state index contributed by atoms with van der Waals surface area (Å²) in [7, 11) is 0. The lowest BCUT2D eigenvalue weighted by atomic mass is 10.2. The summed E-state index contributed by atoms with van der Waals surface area (Å²) in [5, 5.41) is 0.875. The van der Waals surface area contributed by atoms with E-state index in [1.54, 1.807) is 18.3 Å². The third-order valence-corrected chi connectivity index (χ3v) is 3.04. The van der Waals surface area contributed by atoms with E-state index >= 15 is 0 Å². The molecule has 0 saturated heterocycles. The molecule has 0 spiro atoms. The quantitative estimate of drug-likeness (QED) is 0.557. The minimum Gasteiger partial charge on any atom is -0.423 e. The summed E-state index contributed by atoms with van der Waals surface area (Å²) in [5.41, 5.74) is 2.61. The zero-order chi connectivity index (χ0) is 13.2. The topological polar surface area (TPSA) is 42.1 Å². The summed E-state index contributed by atoms with van der Waals surface area (Å²) >= 11 is 0. The summed E-state index contributed by atoms with van der Waals surface area (Å²) in [6, 6.07) is 15.1.